The van der Waals surface area contributed by atoms with Crippen molar-refractivity contribution in [1.82, 2.24) is 15.1 Å². The fourth-order valence-electron chi connectivity index (χ4n) is 2.16. The second-order valence-electron chi connectivity index (χ2n) is 4.71. The zero-order chi connectivity index (χ0) is 15.8. The third kappa shape index (κ3) is 2.31. The highest BCUT2D eigenvalue weighted by Gasteiger charge is 2.19. The first-order valence-corrected chi connectivity index (χ1v) is 6.65. The molecule has 0 saturated carbocycles. The van der Waals surface area contributed by atoms with Crippen LogP contribution in [0.1, 0.15) is 0 Å². The predicted octanol–water partition coefficient (Wildman–Crippen LogP) is 3.45. The molecular formula is C15H8N4O4. The molecule has 3 aromatic heterocycles. The van der Waals surface area contributed by atoms with Gasteiger partial charge in [-0.05, 0) is 18.2 Å². The van der Waals surface area contributed by atoms with Gasteiger partial charge in [0.15, 0.2) is 5.76 Å². The summed E-state index contributed by atoms with van der Waals surface area (Å²) in [5.74, 6) is 0.0904. The maximum absolute atomic E-state index is 10.6. The highest BCUT2D eigenvalue weighted by Crippen LogP contribution is 2.26. The van der Waals surface area contributed by atoms with Gasteiger partial charge in [-0.2, -0.15) is 4.98 Å². The Bertz CT molecular complexity index is 1020. The Morgan fingerprint density at radius 3 is 2.70 bits per heavy atom. The molecule has 23 heavy (non-hydrogen) atoms. The van der Waals surface area contributed by atoms with E-state index >= 15 is 0 Å². The number of benzene rings is 1. The van der Waals surface area contributed by atoms with Gasteiger partial charge in [0.2, 0.25) is 5.82 Å². The van der Waals surface area contributed by atoms with E-state index in [0.717, 1.165) is 10.9 Å². The summed E-state index contributed by atoms with van der Waals surface area (Å²) in [4.78, 5) is 18.6. The topological polar surface area (TPSA) is 108 Å². The summed E-state index contributed by atoms with van der Waals surface area (Å²) in [7, 11) is 0. The predicted molar refractivity (Wildman–Crippen MR) is 79.4 cm³/mol. The molecule has 0 amide bonds. The molecule has 0 bridgehead atoms. The number of hydrogen-bond acceptors (Lipinski definition) is 7. The molecule has 0 aliphatic carbocycles. The second kappa shape index (κ2) is 5.02. The van der Waals surface area contributed by atoms with Gasteiger partial charge in [0, 0.05) is 5.39 Å². The van der Waals surface area contributed by atoms with Gasteiger partial charge in [0.05, 0.1) is 11.6 Å². The second-order valence-corrected chi connectivity index (χ2v) is 4.71. The summed E-state index contributed by atoms with van der Waals surface area (Å²) in [5.41, 5.74) is 1.35. The highest BCUT2D eigenvalue weighted by molar-refractivity contribution is 5.80. The van der Waals surface area contributed by atoms with E-state index in [9.17, 15) is 10.1 Å². The number of aromatic nitrogens is 3. The Balaban J connectivity index is 1.72. The van der Waals surface area contributed by atoms with Crippen LogP contribution in [0.15, 0.2) is 57.5 Å². The molecule has 0 N–H and O–H groups in total. The molecule has 0 radical (unpaired) electrons. The van der Waals surface area contributed by atoms with Crippen LogP contribution in [0.25, 0.3) is 34.1 Å². The van der Waals surface area contributed by atoms with Crippen molar-refractivity contribution in [3.05, 3.63) is 58.6 Å². The average molecular weight is 308 g/mol. The van der Waals surface area contributed by atoms with Crippen LogP contribution in [-0.4, -0.2) is 20.0 Å². The SMILES string of the molecule is O=[N+]([O-])c1ccc(-c2nc(-c3ccc4ccccc4n3)no2)o1. The van der Waals surface area contributed by atoms with Gasteiger partial charge in [-0.3, -0.25) is 10.1 Å². The molecule has 0 atom stereocenters. The van der Waals surface area contributed by atoms with Gasteiger partial charge in [-0.15, -0.1) is 0 Å². The Morgan fingerprint density at radius 1 is 1.00 bits per heavy atom. The van der Waals surface area contributed by atoms with Crippen LogP contribution in [-0.2, 0) is 0 Å². The smallest absolute Gasteiger partial charge is 0.395 e. The molecule has 4 rings (SSSR count). The van der Waals surface area contributed by atoms with Crippen LogP contribution < -0.4 is 0 Å². The van der Waals surface area contributed by atoms with Crippen LogP contribution in [0.2, 0.25) is 0 Å². The van der Waals surface area contributed by atoms with Crippen molar-refractivity contribution in [2.45, 2.75) is 0 Å². The number of nitrogens with zero attached hydrogens (tertiary/aromatic N) is 4. The maximum atomic E-state index is 10.6. The summed E-state index contributed by atoms with van der Waals surface area (Å²) in [6, 6.07) is 14.0. The van der Waals surface area contributed by atoms with Gasteiger partial charge >= 0.3 is 5.88 Å². The maximum Gasteiger partial charge on any atom is 0.433 e. The third-order valence-corrected chi connectivity index (χ3v) is 3.24. The van der Waals surface area contributed by atoms with Gasteiger partial charge < -0.3 is 8.94 Å². The number of pyridine rings is 1. The lowest BCUT2D eigenvalue weighted by molar-refractivity contribution is -0.401. The lowest BCUT2D eigenvalue weighted by Crippen LogP contribution is -1.87. The van der Waals surface area contributed by atoms with E-state index in [0.29, 0.717) is 5.69 Å². The Labute approximate surface area is 128 Å². The minimum atomic E-state index is -0.633. The molecule has 0 saturated heterocycles. The molecule has 0 spiro atoms. The summed E-state index contributed by atoms with van der Waals surface area (Å²) >= 11 is 0. The summed E-state index contributed by atoms with van der Waals surface area (Å²) in [6.07, 6.45) is 0. The zero-order valence-corrected chi connectivity index (χ0v) is 11.5. The highest BCUT2D eigenvalue weighted by atomic mass is 16.6. The quantitative estimate of drug-likeness (QED) is 0.421. The molecule has 8 heteroatoms. The molecule has 8 nitrogen and oxygen atoms in total. The van der Waals surface area contributed by atoms with Crippen molar-refractivity contribution in [2.24, 2.45) is 0 Å². The normalized spacial score (nSPS) is 11.0. The molecule has 0 aliphatic rings. The summed E-state index contributed by atoms with van der Waals surface area (Å²) in [5, 5.41) is 15.5. The number of rotatable bonds is 3. The molecule has 1 aromatic carbocycles. The van der Waals surface area contributed by atoms with Crippen molar-refractivity contribution >= 4 is 16.8 Å². The first-order valence-electron chi connectivity index (χ1n) is 6.65. The van der Waals surface area contributed by atoms with Crippen LogP contribution >= 0.6 is 0 Å². The molecule has 3 heterocycles. The van der Waals surface area contributed by atoms with E-state index in [1.807, 2.05) is 30.3 Å². The number of furan rings is 1. The van der Waals surface area contributed by atoms with Gasteiger partial charge in [0.1, 0.15) is 10.6 Å². The average Bonchev–Trinajstić information content (AvgIpc) is 3.23. The minimum Gasteiger partial charge on any atom is -0.395 e. The number of nitro groups is 1. The molecule has 4 aromatic rings. The minimum absolute atomic E-state index is 0.0584. The Kier molecular flexibility index (Phi) is 2.87. The molecule has 0 fully saturated rings. The van der Waals surface area contributed by atoms with Crippen LogP contribution in [0.5, 0.6) is 0 Å². The first-order chi connectivity index (χ1) is 11.2. The van der Waals surface area contributed by atoms with Crippen LogP contribution in [0, 0.1) is 10.1 Å². The Morgan fingerprint density at radius 2 is 1.87 bits per heavy atom. The summed E-state index contributed by atoms with van der Waals surface area (Å²) < 4.78 is 10.1. The van der Waals surface area contributed by atoms with Crippen molar-refractivity contribution in [3.8, 4) is 23.2 Å². The van der Waals surface area contributed by atoms with Crippen LogP contribution in [0.4, 0.5) is 5.88 Å². The fourth-order valence-corrected chi connectivity index (χ4v) is 2.16. The van der Waals surface area contributed by atoms with E-state index in [1.165, 1.54) is 12.1 Å². The third-order valence-electron chi connectivity index (χ3n) is 3.24. The van der Waals surface area contributed by atoms with E-state index in [4.69, 9.17) is 8.94 Å². The van der Waals surface area contributed by atoms with Crippen LogP contribution in [0.3, 0.4) is 0 Å². The monoisotopic (exact) mass is 308 g/mol. The van der Waals surface area contributed by atoms with Gasteiger partial charge in [0.25, 0.3) is 5.89 Å². The van der Waals surface area contributed by atoms with E-state index in [-0.39, 0.29) is 23.4 Å². The van der Waals surface area contributed by atoms with Crippen molar-refractivity contribution in [3.63, 3.8) is 0 Å². The van der Waals surface area contributed by atoms with Crippen molar-refractivity contribution < 1.29 is 13.9 Å². The van der Waals surface area contributed by atoms with E-state index in [2.05, 4.69) is 15.1 Å². The lowest BCUT2D eigenvalue weighted by Gasteiger charge is -1.98. The number of fused-ring (bicyclic) bond motifs is 1. The lowest BCUT2D eigenvalue weighted by atomic mass is 10.2. The van der Waals surface area contributed by atoms with Crippen molar-refractivity contribution in [1.29, 1.82) is 0 Å². The number of hydrogen-bond donors (Lipinski definition) is 0. The molecular weight excluding hydrogens is 300 g/mol. The Hall–Kier alpha value is -3.55. The first kappa shape index (κ1) is 13.1. The standard InChI is InChI=1S/C15H8N4O4/c20-19(21)13-8-7-12(22-13)15-17-14(18-23-15)11-6-5-9-3-1-2-4-10(9)16-11/h1-8H. The number of para-hydroxylation sites is 1. The largest absolute Gasteiger partial charge is 0.433 e. The van der Waals surface area contributed by atoms with E-state index < -0.39 is 4.92 Å². The zero-order valence-electron chi connectivity index (χ0n) is 11.5. The van der Waals surface area contributed by atoms with Gasteiger partial charge in [-0.1, -0.05) is 29.4 Å². The van der Waals surface area contributed by atoms with Gasteiger partial charge in [-0.25, -0.2) is 4.98 Å². The fraction of sp³-hybridized carbons (Fsp3) is 0. The molecule has 112 valence electrons. The van der Waals surface area contributed by atoms with Crippen molar-refractivity contribution in [2.75, 3.05) is 0 Å². The summed E-state index contributed by atoms with van der Waals surface area (Å²) in [6.45, 7) is 0. The van der Waals surface area contributed by atoms with E-state index in [1.54, 1.807) is 6.07 Å². The molecule has 0 unspecified atom stereocenters. The molecule has 0 aliphatic heterocycles.